The van der Waals surface area contributed by atoms with E-state index in [-0.39, 0.29) is 0 Å². The van der Waals surface area contributed by atoms with Crippen LogP contribution in [0, 0.1) is 6.92 Å². The number of rotatable bonds is 10. The summed E-state index contributed by atoms with van der Waals surface area (Å²) in [6.07, 6.45) is 4.79. The number of aryl methyl sites for hydroxylation is 1. The van der Waals surface area contributed by atoms with Gasteiger partial charge in [0.1, 0.15) is 5.75 Å². The topological polar surface area (TPSA) is 21.3 Å². The van der Waals surface area contributed by atoms with E-state index in [0.29, 0.717) is 12.0 Å². The van der Waals surface area contributed by atoms with Crippen molar-refractivity contribution in [2.24, 2.45) is 0 Å². The number of unbranched alkanes of at least 4 members (excludes halogenated alkanes) is 1. The average Bonchev–Trinajstić information content (AvgIpc) is 2.44. The summed E-state index contributed by atoms with van der Waals surface area (Å²) in [5.74, 6) is 1.59. The molecule has 21 heavy (non-hydrogen) atoms. The lowest BCUT2D eigenvalue weighted by atomic mass is 9.98. The standard InChI is InChI=1S/C19H33NO/c1-6-12-20-17(5)9-7-8-13-21-18-10-11-19(15(2)3)16(4)14-18/h10-11,14-15,17,20H,6-9,12-13H2,1-5H3. The first-order chi connectivity index (χ1) is 10.0. The molecular weight excluding hydrogens is 258 g/mol. The highest BCUT2D eigenvalue weighted by molar-refractivity contribution is 5.36. The van der Waals surface area contributed by atoms with E-state index in [1.54, 1.807) is 0 Å². The summed E-state index contributed by atoms with van der Waals surface area (Å²) in [5, 5.41) is 3.52. The van der Waals surface area contributed by atoms with Gasteiger partial charge in [0, 0.05) is 6.04 Å². The number of ether oxygens (including phenoxy) is 1. The number of hydrogen-bond acceptors (Lipinski definition) is 2. The van der Waals surface area contributed by atoms with Gasteiger partial charge >= 0.3 is 0 Å². The molecular formula is C19H33NO. The SMILES string of the molecule is CCCNC(C)CCCCOc1ccc(C(C)C)c(C)c1. The van der Waals surface area contributed by atoms with Crippen molar-refractivity contribution in [1.29, 1.82) is 0 Å². The molecule has 1 aromatic carbocycles. The normalized spacial score (nSPS) is 12.7. The van der Waals surface area contributed by atoms with Crippen molar-refractivity contribution in [3.05, 3.63) is 29.3 Å². The Bertz CT molecular complexity index is 401. The van der Waals surface area contributed by atoms with Gasteiger partial charge < -0.3 is 10.1 Å². The molecule has 0 saturated carbocycles. The predicted octanol–water partition coefficient (Wildman–Crippen LogP) is 5.06. The van der Waals surface area contributed by atoms with Gasteiger partial charge in [-0.2, -0.15) is 0 Å². The number of nitrogens with one attached hydrogen (secondary N) is 1. The minimum atomic E-state index is 0.580. The van der Waals surface area contributed by atoms with E-state index in [4.69, 9.17) is 4.74 Å². The van der Waals surface area contributed by atoms with Gasteiger partial charge in [-0.05, 0) is 75.3 Å². The highest BCUT2D eigenvalue weighted by atomic mass is 16.5. The van der Waals surface area contributed by atoms with Crippen LogP contribution in [-0.2, 0) is 0 Å². The highest BCUT2D eigenvalue weighted by Crippen LogP contribution is 2.23. The average molecular weight is 291 g/mol. The zero-order valence-corrected chi connectivity index (χ0v) is 14.5. The maximum atomic E-state index is 5.86. The van der Waals surface area contributed by atoms with E-state index >= 15 is 0 Å². The molecule has 2 nitrogen and oxygen atoms in total. The van der Waals surface area contributed by atoms with Crippen LogP contribution in [0.5, 0.6) is 5.75 Å². The fraction of sp³-hybridized carbons (Fsp3) is 0.684. The second-order valence-corrected chi connectivity index (χ2v) is 6.37. The molecule has 0 heterocycles. The van der Waals surface area contributed by atoms with Crippen LogP contribution < -0.4 is 10.1 Å². The van der Waals surface area contributed by atoms with Crippen molar-refractivity contribution >= 4 is 0 Å². The zero-order valence-electron chi connectivity index (χ0n) is 14.5. The Balaban J connectivity index is 2.22. The Morgan fingerprint density at radius 3 is 2.52 bits per heavy atom. The van der Waals surface area contributed by atoms with Gasteiger partial charge in [-0.15, -0.1) is 0 Å². The third-order valence-electron chi connectivity index (χ3n) is 3.91. The third kappa shape index (κ3) is 6.99. The summed E-state index contributed by atoms with van der Waals surface area (Å²) in [6, 6.07) is 7.10. The molecule has 0 amide bonds. The van der Waals surface area contributed by atoms with Crippen molar-refractivity contribution in [1.82, 2.24) is 5.32 Å². The Morgan fingerprint density at radius 1 is 1.14 bits per heavy atom. The van der Waals surface area contributed by atoms with Crippen molar-refractivity contribution in [2.45, 2.75) is 72.3 Å². The fourth-order valence-electron chi connectivity index (χ4n) is 2.62. The molecule has 1 aromatic rings. The van der Waals surface area contributed by atoms with Crippen molar-refractivity contribution in [3.8, 4) is 5.75 Å². The Hall–Kier alpha value is -1.02. The predicted molar refractivity (Wildman–Crippen MR) is 92.4 cm³/mol. The number of hydrogen-bond donors (Lipinski definition) is 1. The second-order valence-electron chi connectivity index (χ2n) is 6.37. The summed E-state index contributed by atoms with van der Waals surface area (Å²) in [4.78, 5) is 0. The Morgan fingerprint density at radius 2 is 1.90 bits per heavy atom. The molecule has 2 heteroatoms. The smallest absolute Gasteiger partial charge is 0.119 e. The van der Waals surface area contributed by atoms with Crippen molar-refractivity contribution < 1.29 is 4.74 Å². The van der Waals surface area contributed by atoms with Crippen molar-refractivity contribution in [2.75, 3.05) is 13.2 Å². The lowest BCUT2D eigenvalue weighted by Crippen LogP contribution is -2.26. The largest absolute Gasteiger partial charge is 0.494 e. The maximum absolute atomic E-state index is 5.86. The van der Waals surface area contributed by atoms with Crippen LogP contribution in [0.3, 0.4) is 0 Å². The minimum absolute atomic E-state index is 0.580. The Labute approximate surface area is 131 Å². The quantitative estimate of drug-likeness (QED) is 0.609. The zero-order chi connectivity index (χ0) is 15.7. The molecule has 1 unspecified atom stereocenters. The maximum Gasteiger partial charge on any atom is 0.119 e. The fourth-order valence-corrected chi connectivity index (χ4v) is 2.62. The monoisotopic (exact) mass is 291 g/mol. The van der Waals surface area contributed by atoms with Gasteiger partial charge in [0.05, 0.1) is 6.61 Å². The molecule has 0 aliphatic rings. The van der Waals surface area contributed by atoms with Gasteiger partial charge in [0.2, 0.25) is 0 Å². The summed E-state index contributed by atoms with van der Waals surface area (Å²) in [7, 11) is 0. The van der Waals surface area contributed by atoms with Gasteiger partial charge in [-0.3, -0.25) is 0 Å². The first kappa shape index (κ1) is 18.0. The van der Waals surface area contributed by atoms with Crippen LogP contribution >= 0.6 is 0 Å². The molecule has 0 fully saturated rings. The first-order valence-corrected chi connectivity index (χ1v) is 8.51. The van der Waals surface area contributed by atoms with Crippen LogP contribution in [0.25, 0.3) is 0 Å². The van der Waals surface area contributed by atoms with Gasteiger partial charge in [0.15, 0.2) is 0 Å². The molecule has 0 bridgehead atoms. The summed E-state index contributed by atoms with van der Waals surface area (Å²) >= 11 is 0. The minimum Gasteiger partial charge on any atom is -0.494 e. The van der Waals surface area contributed by atoms with E-state index in [2.05, 4.69) is 58.1 Å². The first-order valence-electron chi connectivity index (χ1n) is 8.51. The van der Waals surface area contributed by atoms with E-state index in [9.17, 15) is 0 Å². The highest BCUT2D eigenvalue weighted by Gasteiger charge is 2.05. The van der Waals surface area contributed by atoms with Crippen LogP contribution in [0.1, 0.15) is 70.4 Å². The van der Waals surface area contributed by atoms with Crippen LogP contribution in [0.4, 0.5) is 0 Å². The molecule has 0 aliphatic heterocycles. The van der Waals surface area contributed by atoms with Crippen molar-refractivity contribution in [3.63, 3.8) is 0 Å². The van der Waals surface area contributed by atoms with Crippen LogP contribution in [-0.4, -0.2) is 19.2 Å². The molecule has 0 aromatic heterocycles. The third-order valence-corrected chi connectivity index (χ3v) is 3.91. The van der Waals surface area contributed by atoms with E-state index in [1.807, 2.05) is 0 Å². The molecule has 0 spiro atoms. The molecule has 0 radical (unpaired) electrons. The molecule has 120 valence electrons. The lowest BCUT2D eigenvalue weighted by molar-refractivity contribution is 0.301. The molecule has 1 N–H and O–H groups in total. The number of benzene rings is 1. The summed E-state index contributed by atoms with van der Waals surface area (Å²) < 4.78 is 5.86. The van der Waals surface area contributed by atoms with Gasteiger partial charge in [-0.25, -0.2) is 0 Å². The Kier molecular flexibility index (Phi) is 8.44. The second kappa shape index (κ2) is 9.83. The van der Waals surface area contributed by atoms with Gasteiger partial charge in [0.25, 0.3) is 0 Å². The van der Waals surface area contributed by atoms with Crippen LogP contribution in [0.15, 0.2) is 18.2 Å². The molecule has 0 saturated heterocycles. The van der Waals surface area contributed by atoms with E-state index in [1.165, 1.54) is 30.4 Å². The lowest BCUT2D eigenvalue weighted by Gasteiger charge is -2.14. The van der Waals surface area contributed by atoms with E-state index < -0.39 is 0 Å². The van der Waals surface area contributed by atoms with Crippen LogP contribution in [0.2, 0.25) is 0 Å². The summed E-state index contributed by atoms with van der Waals surface area (Å²) in [6.45, 7) is 13.1. The molecule has 1 rings (SSSR count). The molecule has 0 aliphatic carbocycles. The summed E-state index contributed by atoms with van der Waals surface area (Å²) in [5.41, 5.74) is 2.75. The van der Waals surface area contributed by atoms with Gasteiger partial charge in [-0.1, -0.05) is 26.8 Å². The molecule has 1 atom stereocenters. The van der Waals surface area contributed by atoms with E-state index in [0.717, 1.165) is 25.3 Å².